The summed E-state index contributed by atoms with van der Waals surface area (Å²) in [5.41, 5.74) is 0.917. The third kappa shape index (κ3) is 3.97. The Balaban J connectivity index is 1.49. The number of anilines is 1. The molecule has 3 heterocycles. The smallest absolute Gasteiger partial charge is 0.186 e. The topological polar surface area (TPSA) is 19.4 Å². The molecule has 136 valence electrons. The summed E-state index contributed by atoms with van der Waals surface area (Å²) in [6.07, 6.45) is 6.91. The van der Waals surface area contributed by atoms with Gasteiger partial charge < -0.3 is 4.90 Å². The highest BCUT2D eigenvalue weighted by Crippen LogP contribution is 2.44. The number of halogens is 3. The Morgan fingerprint density at radius 3 is 2.32 bits per heavy atom. The Morgan fingerprint density at radius 1 is 0.960 bits per heavy atom. The standard InChI is InChI=1S/C17H20Cl3N3S2/c18-12-10-13(24-15(12)19)14-16(25-17(20)21-14)23-8-6-22(7-9-23)11-4-2-1-3-5-11/h10-11H,1-9H2. The van der Waals surface area contributed by atoms with Gasteiger partial charge in [-0.05, 0) is 18.9 Å². The molecule has 0 aromatic carbocycles. The lowest BCUT2D eigenvalue weighted by Crippen LogP contribution is -2.50. The molecule has 0 unspecified atom stereocenters. The predicted octanol–water partition coefficient (Wildman–Crippen LogP) is 6.29. The zero-order valence-electron chi connectivity index (χ0n) is 13.8. The summed E-state index contributed by atoms with van der Waals surface area (Å²) in [6.45, 7) is 4.28. The van der Waals surface area contributed by atoms with Gasteiger partial charge >= 0.3 is 0 Å². The van der Waals surface area contributed by atoms with Crippen LogP contribution in [0.25, 0.3) is 10.6 Å². The minimum absolute atomic E-state index is 0.570. The molecule has 2 fully saturated rings. The summed E-state index contributed by atoms with van der Waals surface area (Å²) in [5.74, 6) is 0. The lowest BCUT2D eigenvalue weighted by Gasteiger charge is -2.41. The number of hydrogen-bond donors (Lipinski definition) is 0. The molecule has 2 aliphatic rings. The highest BCUT2D eigenvalue weighted by atomic mass is 35.5. The number of nitrogens with zero attached hydrogens (tertiary/aromatic N) is 3. The van der Waals surface area contributed by atoms with Gasteiger partial charge in [0.15, 0.2) is 4.47 Å². The lowest BCUT2D eigenvalue weighted by molar-refractivity contribution is 0.148. The molecule has 0 radical (unpaired) electrons. The van der Waals surface area contributed by atoms with Crippen molar-refractivity contribution < 1.29 is 0 Å². The maximum atomic E-state index is 6.24. The van der Waals surface area contributed by atoms with Crippen LogP contribution in [0.1, 0.15) is 32.1 Å². The first-order valence-electron chi connectivity index (χ1n) is 8.72. The average Bonchev–Trinajstić information content (AvgIpc) is 3.18. The zero-order valence-corrected chi connectivity index (χ0v) is 17.7. The van der Waals surface area contributed by atoms with Crippen LogP contribution in [0, 0.1) is 0 Å². The minimum atomic E-state index is 0.570. The van der Waals surface area contributed by atoms with E-state index in [9.17, 15) is 0 Å². The Morgan fingerprint density at radius 2 is 1.68 bits per heavy atom. The predicted molar refractivity (Wildman–Crippen MR) is 111 cm³/mol. The summed E-state index contributed by atoms with van der Waals surface area (Å²) in [6, 6.07) is 2.68. The van der Waals surface area contributed by atoms with E-state index >= 15 is 0 Å². The van der Waals surface area contributed by atoms with Crippen molar-refractivity contribution in [3.8, 4) is 10.6 Å². The fourth-order valence-corrected chi connectivity index (χ4v) is 6.45. The van der Waals surface area contributed by atoms with E-state index in [1.54, 1.807) is 11.3 Å². The number of thiazole rings is 1. The maximum Gasteiger partial charge on any atom is 0.186 e. The second-order valence-electron chi connectivity index (χ2n) is 6.67. The molecular formula is C17H20Cl3N3S2. The molecule has 0 spiro atoms. The second kappa shape index (κ2) is 7.91. The Bertz CT molecular complexity index is 712. The molecule has 1 saturated heterocycles. The van der Waals surface area contributed by atoms with E-state index in [1.165, 1.54) is 43.4 Å². The van der Waals surface area contributed by atoms with Crippen LogP contribution in [0.2, 0.25) is 13.8 Å². The molecule has 1 saturated carbocycles. The van der Waals surface area contributed by atoms with Crippen LogP contribution in [0.3, 0.4) is 0 Å². The summed E-state index contributed by atoms with van der Waals surface area (Å²) >= 11 is 21.5. The molecule has 0 amide bonds. The fraction of sp³-hybridized carbons (Fsp3) is 0.588. The van der Waals surface area contributed by atoms with Crippen LogP contribution in [0.5, 0.6) is 0 Å². The SMILES string of the molecule is Clc1nc(-c2cc(Cl)c(Cl)s2)c(N2CCN(C3CCCCC3)CC2)s1. The third-order valence-electron chi connectivity index (χ3n) is 5.15. The van der Waals surface area contributed by atoms with Gasteiger partial charge in [-0.1, -0.05) is 65.4 Å². The summed E-state index contributed by atoms with van der Waals surface area (Å²) in [7, 11) is 0. The Hall–Kier alpha value is -0.0400. The van der Waals surface area contributed by atoms with Crippen LogP contribution in [0.15, 0.2) is 6.07 Å². The molecule has 4 rings (SSSR count). The number of aromatic nitrogens is 1. The van der Waals surface area contributed by atoms with Gasteiger partial charge in [-0.2, -0.15) is 0 Å². The van der Waals surface area contributed by atoms with Crippen molar-refractivity contribution >= 4 is 62.5 Å². The summed E-state index contributed by atoms with van der Waals surface area (Å²) < 4.78 is 1.18. The lowest BCUT2D eigenvalue weighted by atomic mass is 9.94. The summed E-state index contributed by atoms with van der Waals surface area (Å²) in [4.78, 5) is 10.6. The first kappa shape index (κ1) is 18.3. The van der Waals surface area contributed by atoms with Crippen molar-refractivity contribution in [1.29, 1.82) is 0 Å². The number of piperazine rings is 1. The van der Waals surface area contributed by atoms with E-state index in [4.69, 9.17) is 34.8 Å². The molecule has 8 heteroatoms. The molecule has 25 heavy (non-hydrogen) atoms. The van der Waals surface area contributed by atoms with Crippen molar-refractivity contribution in [3.05, 3.63) is 19.9 Å². The van der Waals surface area contributed by atoms with Crippen LogP contribution in [-0.2, 0) is 0 Å². The monoisotopic (exact) mass is 435 g/mol. The molecule has 1 aliphatic heterocycles. The van der Waals surface area contributed by atoms with Gasteiger partial charge in [0.1, 0.15) is 15.0 Å². The van der Waals surface area contributed by atoms with E-state index in [0.29, 0.717) is 13.8 Å². The molecule has 0 atom stereocenters. The van der Waals surface area contributed by atoms with E-state index in [-0.39, 0.29) is 0 Å². The quantitative estimate of drug-likeness (QED) is 0.564. The fourth-order valence-electron chi connectivity index (χ4n) is 3.86. The van der Waals surface area contributed by atoms with Crippen molar-refractivity contribution in [2.45, 2.75) is 38.1 Å². The van der Waals surface area contributed by atoms with E-state index < -0.39 is 0 Å². The largest absolute Gasteiger partial charge is 0.359 e. The second-order valence-corrected chi connectivity index (χ2v) is 10.3. The highest BCUT2D eigenvalue weighted by Gasteiger charge is 2.28. The Kier molecular flexibility index (Phi) is 5.80. The molecule has 0 bridgehead atoms. The van der Waals surface area contributed by atoms with Crippen molar-refractivity contribution in [3.63, 3.8) is 0 Å². The molecule has 2 aromatic heterocycles. The van der Waals surface area contributed by atoms with E-state index in [0.717, 1.165) is 47.8 Å². The van der Waals surface area contributed by atoms with Crippen LogP contribution in [-0.4, -0.2) is 42.1 Å². The number of hydrogen-bond acceptors (Lipinski definition) is 5. The average molecular weight is 437 g/mol. The maximum absolute atomic E-state index is 6.24. The van der Waals surface area contributed by atoms with Gasteiger partial charge in [0.25, 0.3) is 0 Å². The van der Waals surface area contributed by atoms with Crippen LogP contribution in [0.4, 0.5) is 5.00 Å². The molecule has 0 N–H and O–H groups in total. The Labute approximate surface area is 171 Å². The third-order valence-corrected chi connectivity index (χ3v) is 8.25. The van der Waals surface area contributed by atoms with E-state index in [1.807, 2.05) is 6.07 Å². The normalized spacial score (nSPS) is 20.4. The van der Waals surface area contributed by atoms with Gasteiger partial charge in [-0.15, -0.1) is 11.3 Å². The summed E-state index contributed by atoms with van der Waals surface area (Å²) in [5, 5.41) is 1.72. The first-order valence-corrected chi connectivity index (χ1v) is 11.5. The number of rotatable bonds is 3. The molecule has 3 nitrogen and oxygen atoms in total. The van der Waals surface area contributed by atoms with Gasteiger partial charge in [0, 0.05) is 32.2 Å². The van der Waals surface area contributed by atoms with Crippen molar-refractivity contribution in [2.75, 3.05) is 31.1 Å². The van der Waals surface area contributed by atoms with Gasteiger partial charge in [-0.25, -0.2) is 4.98 Å². The minimum Gasteiger partial charge on any atom is -0.359 e. The highest BCUT2D eigenvalue weighted by molar-refractivity contribution is 7.22. The van der Waals surface area contributed by atoms with Crippen LogP contribution >= 0.6 is 57.5 Å². The van der Waals surface area contributed by atoms with E-state index in [2.05, 4.69) is 14.8 Å². The van der Waals surface area contributed by atoms with Gasteiger partial charge in [-0.3, -0.25) is 4.90 Å². The first-order chi connectivity index (χ1) is 12.1. The molecule has 1 aliphatic carbocycles. The molecular weight excluding hydrogens is 417 g/mol. The molecule has 2 aromatic rings. The van der Waals surface area contributed by atoms with Crippen LogP contribution < -0.4 is 4.90 Å². The van der Waals surface area contributed by atoms with Crippen molar-refractivity contribution in [2.24, 2.45) is 0 Å². The van der Waals surface area contributed by atoms with Crippen molar-refractivity contribution in [1.82, 2.24) is 9.88 Å². The zero-order chi connectivity index (χ0) is 17.4. The number of thiophene rings is 1. The van der Waals surface area contributed by atoms with Gasteiger partial charge in [0.2, 0.25) is 0 Å². The van der Waals surface area contributed by atoms with Gasteiger partial charge in [0.05, 0.1) is 9.90 Å².